The molecular formula is C28H34N4O2. The van der Waals surface area contributed by atoms with E-state index in [1.54, 1.807) is 0 Å². The van der Waals surface area contributed by atoms with Gasteiger partial charge in [-0.1, -0.05) is 55.0 Å². The van der Waals surface area contributed by atoms with Crippen LogP contribution in [0.4, 0.5) is 10.5 Å². The zero-order valence-electron chi connectivity index (χ0n) is 19.9. The summed E-state index contributed by atoms with van der Waals surface area (Å²) in [6.07, 6.45) is 5.38. The van der Waals surface area contributed by atoms with Crippen LogP contribution in [0.2, 0.25) is 0 Å². The number of benzene rings is 2. The number of urea groups is 1. The first-order chi connectivity index (χ1) is 16.7. The van der Waals surface area contributed by atoms with Crippen molar-refractivity contribution in [1.29, 1.82) is 0 Å². The predicted octanol–water partition coefficient (Wildman–Crippen LogP) is 3.86. The number of carbonyl (C=O) groups excluding carboxylic acids is 2. The molecule has 34 heavy (non-hydrogen) atoms. The number of likely N-dealkylation sites (tertiary alicyclic amines) is 1. The summed E-state index contributed by atoms with van der Waals surface area (Å²) in [5.74, 6) is 0.193. The zero-order chi connectivity index (χ0) is 23.1. The monoisotopic (exact) mass is 458 g/mol. The molecule has 3 aliphatic heterocycles. The standard InChI is InChI=1S/C28H34N4O2/c33-26-28(24-11-4-5-12-25(24)32(26)21-22-7-2-1-3-8-22)13-15-30(16-14-28)27(34)31-19-17-29(18-20-31)23-9-6-10-23/h1-5,7-8,11-12,23H,6,9-10,13-21H2. The first-order valence-corrected chi connectivity index (χ1v) is 12.9. The Morgan fingerprint density at radius 3 is 2.15 bits per heavy atom. The topological polar surface area (TPSA) is 47.1 Å². The third kappa shape index (κ3) is 3.59. The summed E-state index contributed by atoms with van der Waals surface area (Å²) in [4.78, 5) is 35.7. The number of piperidine rings is 1. The largest absolute Gasteiger partial charge is 0.325 e. The van der Waals surface area contributed by atoms with Crippen LogP contribution in [0.25, 0.3) is 0 Å². The number of para-hydroxylation sites is 1. The summed E-state index contributed by atoms with van der Waals surface area (Å²) < 4.78 is 0. The van der Waals surface area contributed by atoms with Crippen LogP contribution in [0.3, 0.4) is 0 Å². The Morgan fingerprint density at radius 2 is 1.47 bits per heavy atom. The maximum absolute atomic E-state index is 13.9. The number of carbonyl (C=O) groups is 2. The molecule has 1 saturated carbocycles. The van der Waals surface area contributed by atoms with E-state index in [9.17, 15) is 9.59 Å². The Bertz CT molecular complexity index is 1050. The van der Waals surface area contributed by atoms with Crippen molar-refractivity contribution < 1.29 is 9.59 Å². The van der Waals surface area contributed by atoms with Crippen molar-refractivity contribution in [2.75, 3.05) is 44.2 Å². The number of piperazine rings is 1. The number of hydrogen-bond donors (Lipinski definition) is 0. The van der Waals surface area contributed by atoms with Gasteiger partial charge in [0.2, 0.25) is 5.91 Å². The molecule has 0 atom stereocenters. The van der Waals surface area contributed by atoms with Gasteiger partial charge in [-0.3, -0.25) is 9.69 Å². The molecule has 0 bridgehead atoms. The van der Waals surface area contributed by atoms with Crippen LogP contribution >= 0.6 is 0 Å². The zero-order valence-corrected chi connectivity index (χ0v) is 19.9. The van der Waals surface area contributed by atoms with Crippen molar-refractivity contribution in [2.45, 2.75) is 50.1 Å². The summed E-state index contributed by atoms with van der Waals surface area (Å²) in [5.41, 5.74) is 2.79. The molecule has 6 heteroatoms. The van der Waals surface area contributed by atoms with Crippen molar-refractivity contribution in [3.8, 4) is 0 Å². The van der Waals surface area contributed by atoms with Crippen LogP contribution in [-0.4, -0.2) is 71.9 Å². The molecule has 0 aromatic heterocycles. The normalized spacial score (nSPS) is 22.7. The second-order valence-electron chi connectivity index (χ2n) is 10.4. The summed E-state index contributed by atoms with van der Waals surface area (Å²) in [7, 11) is 0. The lowest BCUT2D eigenvalue weighted by atomic mass is 9.73. The molecule has 0 radical (unpaired) electrons. The number of fused-ring (bicyclic) bond motifs is 2. The highest BCUT2D eigenvalue weighted by molar-refractivity contribution is 6.08. The van der Waals surface area contributed by atoms with Crippen LogP contribution in [0.5, 0.6) is 0 Å². The van der Waals surface area contributed by atoms with Crippen molar-refractivity contribution in [2.24, 2.45) is 0 Å². The van der Waals surface area contributed by atoms with E-state index in [-0.39, 0.29) is 11.9 Å². The van der Waals surface area contributed by atoms with Crippen LogP contribution in [-0.2, 0) is 16.8 Å². The van der Waals surface area contributed by atoms with E-state index in [1.807, 2.05) is 45.0 Å². The van der Waals surface area contributed by atoms with Gasteiger partial charge in [-0.2, -0.15) is 0 Å². The summed E-state index contributed by atoms with van der Waals surface area (Å²) in [6.45, 7) is 5.50. The molecule has 3 amide bonds. The highest BCUT2D eigenvalue weighted by Gasteiger charge is 2.52. The van der Waals surface area contributed by atoms with E-state index in [1.165, 1.54) is 19.3 Å². The van der Waals surface area contributed by atoms with E-state index in [4.69, 9.17) is 0 Å². The summed E-state index contributed by atoms with van der Waals surface area (Å²) >= 11 is 0. The minimum atomic E-state index is -0.509. The minimum Gasteiger partial charge on any atom is -0.325 e. The van der Waals surface area contributed by atoms with Gasteiger partial charge in [0, 0.05) is 51.0 Å². The minimum absolute atomic E-state index is 0.156. The Balaban J connectivity index is 1.14. The molecule has 2 aromatic carbocycles. The van der Waals surface area contributed by atoms with Crippen molar-refractivity contribution in [3.05, 3.63) is 65.7 Å². The number of rotatable bonds is 3. The second-order valence-corrected chi connectivity index (χ2v) is 10.4. The number of anilines is 1. The van der Waals surface area contributed by atoms with Crippen molar-refractivity contribution in [1.82, 2.24) is 14.7 Å². The van der Waals surface area contributed by atoms with E-state index < -0.39 is 5.41 Å². The van der Waals surface area contributed by atoms with Gasteiger partial charge in [0.15, 0.2) is 0 Å². The lowest BCUT2D eigenvalue weighted by molar-refractivity contribution is -0.124. The fraction of sp³-hybridized carbons (Fsp3) is 0.500. The quantitative estimate of drug-likeness (QED) is 0.702. The first-order valence-electron chi connectivity index (χ1n) is 12.9. The molecule has 6 nitrogen and oxygen atoms in total. The Labute approximate surface area is 202 Å². The van der Waals surface area contributed by atoms with Gasteiger partial charge in [0.05, 0.1) is 12.0 Å². The molecule has 2 aromatic rings. The number of hydrogen-bond acceptors (Lipinski definition) is 3. The molecule has 178 valence electrons. The van der Waals surface area contributed by atoms with E-state index in [0.717, 1.165) is 49.0 Å². The SMILES string of the molecule is O=C(N1CCN(C2CCC2)CC1)N1CCC2(CC1)C(=O)N(Cc1ccccc1)c1ccccc12. The van der Waals surface area contributed by atoms with Crippen molar-refractivity contribution >= 4 is 17.6 Å². The summed E-state index contributed by atoms with van der Waals surface area (Å²) in [5, 5.41) is 0. The van der Waals surface area contributed by atoms with Gasteiger partial charge in [-0.25, -0.2) is 4.79 Å². The molecule has 1 spiro atoms. The van der Waals surface area contributed by atoms with Gasteiger partial charge in [-0.05, 0) is 42.9 Å². The van der Waals surface area contributed by atoms with Gasteiger partial charge in [-0.15, -0.1) is 0 Å². The molecule has 6 rings (SSSR count). The predicted molar refractivity (Wildman–Crippen MR) is 133 cm³/mol. The highest BCUT2D eigenvalue weighted by Crippen LogP contribution is 2.48. The smallest absolute Gasteiger partial charge is 0.320 e. The van der Waals surface area contributed by atoms with Gasteiger partial charge in [0.25, 0.3) is 0 Å². The molecule has 1 aliphatic carbocycles. The van der Waals surface area contributed by atoms with Crippen LogP contribution in [0.1, 0.15) is 43.2 Å². The van der Waals surface area contributed by atoms with E-state index in [2.05, 4.69) is 29.2 Å². The van der Waals surface area contributed by atoms with Gasteiger partial charge in [0.1, 0.15) is 0 Å². The maximum Gasteiger partial charge on any atom is 0.320 e. The average molecular weight is 459 g/mol. The molecule has 4 aliphatic rings. The molecule has 3 fully saturated rings. The van der Waals surface area contributed by atoms with Crippen LogP contribution in [0, 0.1) is 0 Å². The van der Waals surface area contributed by atoms with Gasteiger partial charge >= 0.3 is 6.03 Å². The molecule has 0 N–H and O–H groups in total. The first kappa shape index (κ1) is 21.7. The van der Waals surface area contributed by atoms with Crippen LogP contribution in [0.15, 0.2) is 54.6 Å². The highest BCUT2D eigenvalue weighted by atomic mass is 16.2. The Morgan fingerprint density at radius 1 is 0.824 bits per heavy atom. The third-order valence-electron chi connectivity index (χ3n) is 8.61. The average Bonchev–Trinajstić information content (AvgIpc) is 3.07. The fourth-order valence-corrected chi connectivity index (χ4v) is 6.31. The number of amides is 3. The fourth-order valence-electron chi connectivity index (χ4n) is 6.31. The van der Waals surface area contributed by atoms with E-state index in [0.29, 0.717) is 32.5 Å². The van der Waals surface area contributed by atoms with E-state index >= 15 is 0 Å². The maximum atomic E-state index is 13.9. The molecule has 2 saturated heterocycles. The lowest BCUT2D eigenvalue weighted by Gasteiger charge is -2.45. The van der Waals surface area contributed by atoms with Crippen molar-refractivity contribution in [3.63, 3.8) is 0 Å². The molecule has 0 unspecified atom stereocenters. The molecule has 3 heterocycles. The van der Waals surface area contributed by atoms with Gasteiger partial charge < -0.3 is 14.7 Å². The summed E-state index contributed by atoms with van der Waals surface area (Å²) in [6, 6.07) is 19.4. The molecular weight excluding hydrogens is 424 g/mol. The lowest BCUT2D eigenvalue weighted by Crippen LogP contribution is -2.58. The number of nitrogens with zero attached hydrogens (tertiary/aromatic N) is 4. The Kier molecular flexibility index (Phi) is 5.56. The van der Waals surface area contributed by atoms with Crippen LogP contribution < -0.4 is 4.90 Å². The Hall–Kier alpha value is -2.86. The second kappa shape index (κ2) is 8.73. The third-order valence-corrected chi connectivity index (χ3v) is 8.61.